The minimum absolute atomic E-state index is 0.0504. The van der Waals surface area contributed by atoms with Crippen molar-refractivity contribution in [3.05, 3.63) is 75.4 Å². The molecule has 2 aromatic carbocycles. The maximum Gasteiger partial charge on any atom is 0.323 e. The number of nitrogens with zero attached hydrogens (tertiary/aromatic N) is 1. The highest BCUT2D eigenvalue weighted by Crippen LogP contribution is 2.34. The molecule has 0 spiro atoms. The van der Waals surface area contributed by atoms with E-state index >= 15 is 0 Å². The van der Waals surface area contributed by atoms with Crippen molar-refractivity contribution in [2.24, 2.45) is 10.4 Å². The van der Waals surface area contributed by atoms with Crippen LogP contribution in [0.15, 0.2) is 59.2 Å². The number of hydrogen-bond acceptors (Lipinski definition) is 3. The number of urea groups is 1. The van der Waals surface area contributed by atoms with E-state index in [1.54, 1.807) is 30.3 Å². The summed E-state index contributed by atoms with van der Waals surface area (Å²) in [6.07, 6.45) is 1.82. The van der Waals surface area contributed by atoms with Crippen LogP contribution in [-0.4, -0.2) is 22.8 Å². The van der Waals surface area contributed by atoms with Crippen LogP contribution in [-0.2, 0) is 11.2 Å². The van der Waals surface area contributed by atoms with Crippen LogP contribution in [0.1, 0.15) is 37.9 Å². The van der Waals surface area contributed by atoms with Gasteiger partial charge in [0.05, 0.1) is 27.9 Å². The van der Waals surface area contributed by atoms with Crippen molar-refractivity contribution in [3.63, 3.8) is 0 Å². The molecule has 0 saturated heterocycles. The number of allylic oxidation sites excluding steroid dienone is 1. The number of anilines is 1. The quantitative estimate of drug-likeness (QED) is 0.521. The largest absolute Gasteiger partial charge is 0.481 e. The molecule has 6 nitrogen and oxygen atoms in total. The van der Waals surface area contributed by atoms with Crippen LogP contribution in [0.25, 0.3) is 0 Å². The molecule has 0 fully saturated rings. The predicted molar refractivity (Wildman–Crippen MR) is 124 cm³/mol. The zero-order valence-corrected chi connectivity index (χ0v) is 18.9. The Bertz CT molecular complexity index is 1070. The van der Waals surface area contributed by atoms with E-state index in [4.69, 9.17) is 33.3 Å². The van der Waals surface area contributed by atoms with Gasteiger partial charge < -0.3 is 15.7 Å². The molecule has 0 saturated carbocycles. The lowest BCUT2D eigenvalue weighted by atomic mass is 9.90. The van der Waals surface area contributed by atoms with Gasteiger partial charge in [0, 0.05) is 11.1 Å². The Labute approximate surface area is 191 Å². The third-order valence-corrected chi connectivity index (χ3v) is 5.55. The summed E-state index contributed by atoms with van der Waals surface area (Å²) >= 11 is 12.2. The summed E-state index contributed by atoms with van der Waals surface area (Å²) < 4.78 is 0. The van der Waals surface area contributed by atoms with E-state index in [-0.39, 0.29) is 16.9 Å². The second-order valence-electron chi connectivity index (χ2n) is 8.26. The average molecular weight is 460 g/mol. The SMILES string of the molecule is CC(C)(C)C1=NC(c2ccc(CC(=O)O)cc2)C(NC(=O)Nc2cccc(Cl)c2Cl)=C1. The zero-order chi connectivity index (χ0) is 22.8. The molecule has 1 heterocycles. The highest BCUT2D eigenvalue weighted by Gasteiger charge is 2.29. The van der Waals surface area contributed by atoms with E-state index in [0.717, 1.165) is 11.3 Å². The van der Waals surface area contributed by atoms with E-state index in [9.17, 15) is 9.59 Å². The summed E-state index contributed by atoms with van der Waals surface area (Å²) in [5, 5.41) is 15.2. The van der Waals surface area contributed by atoms with Gasteiger partial charge in [0.1, 0.15) is 6.04 Å². The van der Waals surface area contributed by atoms with Crippen LogP contribution in [0, 0.1) is 5.41 Å². The maximum atomic E-state index is 12.7. The maximum absolute atomic E-state index is 12.7. The monoisotopic (exact) mass is 459 g/mol. The summed E-state index contributed by atoms with van der Waals surface area (Å²) in [6.45, 7) is 6.14. The third kappa shape index (κ3) is 5.66. The molecular formula is C23H23Cl2N3O3. The molecular weight excluding hydrogens is 437 g/mol. The number of rotatable bonds is 5. The number of carbonyl (C=O) groups is 2. The van der Waals surface area contributed by atoms with Crippen LogP contribution in [0.3, 0.4) is 0 Å². The number of carboxylic acid groups (broad SMARTS) is 1. The number of aliphatic imine (C=N–C) groups is 1. The lowest BCUT2D eigenvalue weighted by Gasteiger charge is -2.17. The van der Waals surface area contributed by atoms with Gasteiger partial charge in [0.15, 0.2) is 0 Å². The van der Waals surface area contributed by atoms with E-state index in [1.807, 2.05) is 39.0 Å². The fraction of sp³-hybridized carbons (Fsp3) is 0.261. The molecule has 2 amide bonds. The highest BCUT2D eigenvalue weighted by atomic mass is 35.5. The number of nitrogens with one attached hydrogen (secondary N) is 2. The van der Waals surface area contributed by atoms with Crippen molar-refractivity contribution in [2.75, 3.05) is 5.32 Å². The first-order valence-electron chi connectivity index (χ1n) is 9.67. The van der Waals surface area contributed by atoms with Crippen LogP contribution in [0.2, 0.25) is 10.0 Å². The van der Waals surface area contributed by atoms with Gasteiger partial charge in [-0.1, -0.05) is 74.3 Å². The fourth-order valence-corrected chi connectivity index (χ4v) is 3.47. The second kappa shape index (κ2) is 9.12. The highest BCUT2D eigenvalue weighted by molar-refractivity contribution is 6.44. The first kappa shape index (κ1) is 22.8. The van der Waals surface area contributed by atoms with E-state index < -0.39 is 18.0 Å². The van der Waals surface area contributed by atoms with Crippen LogP contribution < -0.4 is 10.6 Å². The van der Waals surface area contributed by atoms with Gasteiger partial charge in [-0.3, -0.25) is 9.79 Å². The van der Waals surface area contributed by atoms with Gasteiger partial charge in [0.25, 0.3) is 0 Å². The minimum atomic E-state index is -0.889. The van der Waals surface area contributed by atoms with Crippen molar-refractivity contribution in [1.82, 2.24) is 5.32 Å². The van der Waals surface area contributed by atoms with Crippen molar-refractivity contribution in [2.45, 2.75) is 33.2 Å². The Kier molecular flexibility index (Phi) is 6.72. The molecule has 0 aliphatic carbocycles. The first-order valence-corrected chi connectivity index (χ1v) is 10.4. The number of hydrogen-bond donors (Lipinski definition) is 3. The van der Waals surface area contributed by atoms with Crippen LogP contribution in [0.4, 0.5) is 10.5 Å². The van der Waals surface area contributed by atoms with Gasteiger partial charge in [-0.15, -0.1) is 0 Å². The molecule has 3 N–H and O–H groups in total. The predicted octanol–water partition coefficient (Wildman–Crippen LogP) is 5.87. The molecule has 0 radical (unpaired) electrons. The second-order valence-corrected chi connectivity index (χ2v) is 9.04. The molecule has 1 aliphatic rings. The summed E-state index contributed by atoms with van der Waals surface area (Å²) in [4.78, 5) is 28.4. The summed E-state index contributed by atoms with van der Waals surface area (Å²) in [5.41, 5.74) is 3.20. The molecule has 1 aliphatic heterocycles. The normalized spacial score (nSPS) is 15.8. The smallest absolute Gasteiger partial charge is 0.323 e. The van der Waals surface area contributed by atoms with Crippen molar-refractivity contribution < 1.29 is 14.7 Å². The molecule has 0 aromatic heterocycles. The van der Waals surface area contributed by atoms with Crippen molar-refractivity contribution in [1.29, 1.82) is 0 Å². The number of amides is 2. The Morgan fingerprint density at radius 2 is 1.74 bits per heavy atom. The summed E-state index contributed by atoms with van der Waals surface area (Å²) in [5.74, 6) is -0.889. The Hall–Kier alpha value is -2.83. The molecule has 162 valence electrons. The topological polar surface area (TPSA) is 90.8 Å². The molecule has 8 heteroatoms. The van der Waals surface area contributed by atoms with Gasteiger partial charge in [-0.25, -0.2) is 4.79 Å². The number of carboxylic acids is 1. The Morgan fingerprint density at radius 3 is 2.35 bits per heavy atom. The van der Waals surface area contributed by atoms with Gasteiger partial charge in [0.2, 0.25) is 0 Å². The Balaban J connectivity index is 1.83. The number of halogens is 2. The molecule has 3 rings (SSSR count). The fourth-order valence-electron chi connectivity index (χ4n) is 3.12. The van der Waals surface area contributed by atoms with E-state index in [0.29, 0.717) is 22.0 Å². The average Bonchev–Trinajstić information content (AvgIpc) is 3.10. The third-order valence-electron chi connectivity index (χ3n) is 4.73. The summed E-state index contributed by atoms with van der Waals surface area (Å²) in [7, 11) is 0. The lowest BCUT2D eigenvalue weighted by Crippen LogP contribution is -2.30. The molecule has 1 unspecified atom stereocenters. The van der Waals surface area contributed by atoms with Crippen molar-refractivity contribution >= 4 is 46.6 Å². The van der Waals surface area contributed by atoms with Crippen molar-refractivity contribution in [3.8, 4) is 0 Å². The first-order chi connectivity index (χ1) is 14.5. The zero-order valence-electron chi connectivity index (χ0n) is 17.4. The number of benzene rings is 2. The number of carbonyl (C=O) groups excluding carboxylic acids is 1. The van der Waals surface area contributed by atoms with Gasteiger partial charge >= 0.3 is 12.0 Å². The molecule has 2 aromatic rings. The van der Waals surface area contributed by atoms with Gasteiger partial charge in [-0.05, 0) is 29.3 Å². The van der Waals surface area contributed by atoms with E-state index in [1.165, 1.54) is 0 Å². The summed E-state index contributed by atoms with van der Waals surface area (Å²) in [6, 6.07) is 11.3. The molecule has 0 bridgehead atoms. The van der Waals surface area contributed by atoms with E-state index in [2.05, 4.69) is 10.6 Å². The van der Waals surface area contributed by atoms with Crippen LogP contribution in [0.5, 0.6) is 0 Å². The number of aliphatic carboxylic acids is 1. The lowest BCUT2D eigenvalue weighted by molar-refractivity contribution is -0.136. The van der Waals surface area contributed by atoms with Crippen LogP contribution >= 0.6 is 23.2 Å². The molecule has 1 atom stereocenters. The standard InChI is InChI=1S/C23H23Cl2N3O3/c1-23(2,3)18-12-17(27-22(31)26-16-6-4-5-15(24)20(16)25)21(28-18)14-9-7-13(8-10-14)11-19(29)30/h4-10,12,21H,11H2,1-3H3,(H,29,30)(H2,26,27,31). The molecule has 31 heavy (non-hydrogen) atoms. The minimum Gasteiger partial charge on any atom is -0.481 e. The van der Waals surface area contributed by atoms with Gasteiger partial charge in [-0.2, -0.15) is 0 Å². The Morgan fingerprint density at radius 1 is 1.06 bits per heavy atom.